The maximum absolute atomic E-state index is 8.68. The lowest BCUT2D eigenvalue weighted by Crippen LogP contribution is -1.76. The van der Waals surface area contributed by atoms with Gasteiger partial charge in [0.15, 0.2) is 0 Å². The van der Waals surface area contributed by atoms with Gasteiger partial charge in [-0.05, 0) is 31.2 Å². The zero-order valence-electron chi connectivity index (χ0n) is 10.8. The van der Waals surface area contributed by atoms with Crippen LogP contribution in [0.15, 0.2) is 41.3 Å². The van der Waals surface area contributed by atoms with E-state index in [4.69, 9.17) is 5.11 Å². The van der Waals surface area contributed by atoms with E-state index >= 15 is 0 Å². The lowest BCUT2D eigenvalue weighted by atomic mass is 10.2. The third kappa shape index (κ3) is 4.76. The summed E-state index contributed by atoms with van der Waals surface area (Å²) in [5, 5.41) is 8.68. The Hall–Kier alpha value is -1.21. The largest absolute Gasteiger partial charge is 0.395 e. The zero-order valence-corrected chi connectivity index (χ0v) is 12.5. The van der Waals surface area contributed by atoms with E-state index in [1.54, 1.807) is 11.3 Å². The van der Waals surface area contributed by atoms with E-state index in [1.165, 1.54) is 15.3 Å². The lowest BCUT2D eigenvalue weighted by Gasteiger charge is -1.99. The van der Waals surface area contributed by atoms with Crippen molar-refractivity contribution in [3.05, 3.63) is 51.7 Å². The molecule has 0 fully saturated rings. The first-order valence-corrected chi connectivity index (χ1v) is 7.96. The Morgan fingerprint density at radius 2 is 1.95 bits per heavy atom. The molecule has 0 spiro atoms. The monoisotopic (exact) mass is 288 g/mol. The molecule has 0 aliphatic rings. The van der Waals surface area contributed by atoms with Crippen LogP contribution in [0.1, 0.15) is 21.7 Å². The first kappa shape index (κ1) is 14.2. The van der Waals surface area contributed by atoms with Gasteiger partial charge in [0.25, 0.3) is 0 Å². The molecular weight excluding hydrogens is 272 g/mol. The maximum Gasteiger partial charge on any atom is 0.0771 e. The Bertz CT molecular complexity index is 573. The second-order valence-corrected chi connectivity index (χ2v) is 6.36. The van der Waals surface area contributed by atoms with Crippen LogP contribution < -0.4 is 0 Å². The summed E-state index contributed by atoms with van der Waals surface area (Å²) < 4.78 is 0. The first-order valence-electron chi connectivity index (χ1n) is 6.16. The van der Waals surface area contributed by atoms with Gasteiger partial charge >= 0.3 is 0 Å². The van der Waals surface area contributed by atoms with Gasteiger partial charge in [-0.3, -0.25) is 0 Å². The van der Waals surface area contributed by atoms with Gasteiger partial charge in [0.2, 0.25) is 0 Å². The molecule has 3 heteroatoms. The Morgan fingerprint density at radius 1 is 1.16 bits per heavy atom. The van der Waals surface area contributed by atoms with Crippen molar-refractivity contribution in [3.63, 3.8) is 0 Å². The van der Waals surface area contributed by atoms with Gasteiger partial charge < -0.3 is 5.11 Å². The molecule has 1 heterocycles. The van der Waals surface area contributed by atoms with Crippen molar-refractivity contribution in [2.45, 2.75) is 24.0 Å². The van der Waals surface area contributed by atoms with Gasteiger partial charge in [0.05, 0.1) is 11.5 Å². The number of hydrogen-bond acceptors (Lipinski definition) is 3. The average molecular weight is 288 g/mol. The molecule has 2 rings (SSSR count). The normalized spacial score (nSPS) is 10.0. The second kappa shape index (κ2) is 7.40. The van der Waals surface area contributed by atoms with E-state index in [2.05, 4.69) is 55.2 Å². The van der Waals surface area contributed by atoms with E-state index in [0.29, 0.717) is 6.42 Å². The molecule has 19 heavy (non-hydrogen) atoms. The molecule has 2 aromatic rings. The quantitative estimate of drug-likeness (QED) is 0.675. The summed E-state index contributed by atoms with van der Waals surface area (Å²) in [5.74, 6) is 7.00. The van der Waals surface area contributed by atoms with Crippen LogP contribution in [0.3, 0.4) is 0 Å². The predicted molar refractivity (Wildman–Crippen MR) is 83.6 cm³/mol. The van der Waals surface area contributed by atoms with Gasteiger partial charge in [0.1, 0.15) is 0 Å². The minimum Gasteiger partial charge on any atom is -0.395 e. The fraction of sp³-hybridized carbons (Fsp3) is 0.250. The highest BCUT2D eigenvalue weighted by atomic mass is 32.2. The molecule has 1 aromatic carbocycles. The number of hydrogen-bond donors (Lipinski definition) is 1. The number of thiophene rings is 1. The minimum absolute atomic E-state index is 0.133. The molecule has 1 aromatic heterocycles. The lowest BCUT2D eigenvalue weighted by molar-refractivity contribution is 0.305. The van der Waals surface area contributed by atoms with Gasteiger partial charge in [-0.1, -0.05) is 29.5 Å². The predicted octanol–water partition coefficient (Wildman–Crippen LogP) is 4.08. The highest BCUT2D eigenvalue weighted by Crippen LogP contribution is 2.26. The molecule has 98 valence electrons. The molecule has 0 unspecified atom stereocenters. The summed E-state index contributed by atoms with van der Waals surface area (Å²) in [5.41, 5.74) is 1.29. The van der Waals surface area contributed by atoms with Crippen molar-refractivity contribution >= 4 is 23.1 Å². The fourth-order valence-electron chi connectivity index (χ4n) is 1.52. The molecular formula is C16H16OS2. The highest BCUT2D eigenvalue weighted by molar-refractivity contribution is 7.98. The smallest absolute Gasteiger partial charge is 0.0771 e. The van der Waals surface area contributed by atoms with Crippen molar-refractivity contribution in [3.8, 4) is 11.8 Å². The van der Waals surface area contributed by atoms with E-state index < -0.39 is 0 Å². The summed E-state index contributed by atoms with van der Waals surface area (Å²) >= 11 is 3.58. The van der Waals surface area contributed by atoms with Crippen LogP contribution in [0.25, 0.3) is 0 Å². The molecule has 0 aliphatic heterocycles. The van der Waals surface area contributed by atoms with Crippen molar-refractivity contribution in [1.29, 1.82) is 0 Å². The highest BCUT2D eigenvalue weighted by Gasteiger charge is 2.00. The number of benzene rings is 1. The van der Waals surface area contributed by atoms with Gasteiger partial charge in [0, 0.05) is 21.9 Å². The number of thioether (sulfide) groups is 1. The molecule has 0 aliphatic carbocycles. The molecule has 0 amide bonds. The van der Waals surface area contributed by atoms with E-state index in [-0.39, 0.29) is 6.61 Å². The number of rotatable bonds is 4. The van der Waals surface area contributed by atoms with E-state index in [1.807, 2.05) is 11.8 Å². The van der Waals surface area contributed by atoms with Crippen LogP contribution >= 0.6 is 23.1 Å². The first-order chi connectivity index (χ1) is 9.28. The fourth-order valence-corrected chi connectivity index (χ4v) is 3.34. The minimum atomic E-state index is 0.133. The summed E-state index contributed by atoms with van der Waals surface area (Å²) in [4.78, 5) is 3.71. The summed E-state index contributed by atoms with van der Waals surface area (Å²) in [7, 11) is 0. The van der Waals surface area contributed by atoms with Gasteiger partial charge in [-0.2, -0.15) is 0 Å². The second-order valence-electron chi connectivity index (χ2n) is 4.14. The maximum atomic E-state index is 8.68. The Kier molecular flexibility index (Phi) is 5.53. The molecule has 0 bridgehead atoms. The molecule has 1 N–H and O–H groups in total. The average Bonchev–Trinajstić information content (AvgIpc) is 2.86. The number of aryl methyl sites for hydroxylation is 1. The SMILES string of the molecule is Cc1ccc(SCc2ccc(C#CCCO)s2)cc1. The molecule has 1 nitrogen and oxygen atoms in total. The van der Waals surface area contributed by atoms with Gasteiger partial charge in [-0.25, -0.2) is 0 Å². The van der Waals surface area contributed by atoms with Crippen molar-refractivity contribution in [2.75, 3.05) is 6.61 Å². The third-order valence-electron chi connectivity index (χ3n) is 2.51. The Morgan fingerprint density at radius 3 is 2.68 bits per heavy atom. The van der Waals surface area contributed by atoms with Crippen LogP contribution in [0, 0.1) is 18.8 Å². The van der Waals surface area contributed by atoms with Crippen LogP contribution in [0.5, 0.6) is 0 Å². The van der Waals surface area contributed by atoms with Crippen molar-refractivity contribution < 1.29 is 5.11 Å². The van der Waals surface area contributed by atoms with Crippen LogP contribution in [-0.2, 0) is 5.75 Å². The van der Waals surface area contributed by atoms with Crippen molar-refractivity contribution in [2.24, 2.45) is 0 Å². The molecule has 0 saturated carbocycles. The molecule has 0 atom stereocenters. The van der Waals surface area contributed by atoms with E-state index in [9.17, 15) is 0 Å². The van der Waals surface area contributed by atoms with E-state index in [0.717, 1.165) is 10.6 Å². The number of aliphatic hydroxyl groups excluding tert-OH is 1. The molecule has 0 saturated heterocycles. The Balaban J connectivity index is 1.90. The van der Waals surface area contributed by atoms with Crippen LogP contribution in [0.4, 0.5) is 0 Å². The van der Waals surface area contributed by atoms with Crippen LogP contribution in [0.2, 0.25) is 0 Å². The summed E-state index contributed by atoms with van der Waals surface area (Å²) in [6.45, 7) is 2.24. The molecule has 0 radical (unpaired) electrons. The summed E-state index contributed by atoms with van der Waals surface area (Å²) in [6.07, 6.45) is 0.547. The number of aliphatic hydroxyl groups is 1. The topological polar surface area (TPSA) is 20.2 Å². The standard InChI is InChI=1S/C16H16OS2/c1-13-5-7-14(8-6-13)18-12-16-10-9-15(19-16)4-2-3-11-17/h5-10,17H,3,11-12H2,1H3. The summed E-state index contributed by atoms with van der Waals surface area (Å²) in [6, 6.07) is 12.8. The Labute approximate surface area is 122 Å². The van der Waals surface area contributed by atoms with Crippen molar-refractivity contribution in [1.82, 2.24) is 0 Å². The van der Waals surface area contributed by atoms with Gasteiger partial charge in [-0.15, -0.1) is 23.1 Å². The third-order valence-corrected chi connectivity index (χ3v) is 4.76. The van der Waals surface area contributed by atoms with Crippen LogP contribution in [-0.4, -0.2) is 11.7 Å². The zero-order chi connectivity index (χ0) is 13.5.